The summed E-state index contributed by atoms with van der Waals surface area (Å²) < 4.78 is 54.1. The van der Waals surface area contributed by atoms with Crippen molar-refractivity contribution in [2.24, 2.45) is 14.1 Å². The van der Waals surface area contributed by atoms with Gasteiger partial charge in [-0.15, -0.1) is 0 Å². The Kier molecular flexibility index (Phi) is 9.62. The van der Waals surface area contributed by atoms with Crippen molar-refractivity contribution in [1.29, 1.82) is 0 Å². The molecule has 2 N–H and O–H groups in total. The Morgan fingerprint density at radius 3 is 2.33 bits per heavy atom. The second-order valence-corrected chi connectivity index (χ2v) is 12.0. The number of nitrogens with one attached hydrogen (secondary N) is 2. The van der Waals surface area contributed by atoms with E-state index in [2.05, 4.69) is 30.6 Å². The van der Waals surface area contributed by atoms with Gasteiger partial charge in [-0.05, 0) is 18.9 Å². The minimum Gasteiger partial charge on any atom is -0.480 e. The molecule has 3 aromatic heterocycles. The van der Waals surface area contributed by atoms with E-state index in [1.165, 1.54) is 27.3 Å². The maximum atomic E-state index is 13.8. The van der Waals surface area contributed by atoms with Crippen LogP contribution in [-0.4, -0.2) is 55.4 Å². The summed E-state index contributed by atoms with van der Waals surface area (Å²) in [4.78, 5) is 42.0. The van der Waals surface area contributed by atoms with Crippen molar-refractivity contribution in [3.63, 3.8) is 0 Å². The molecule has 1 saturated heterocycles. The van der Waals surface area contributed by atoms with Crippen LogP contribution in [0.25, 0.3) is 33.4 Å². The van der Waals surface area contributed by atoms with E-state index < -0.39 is 34.7 Å². The number of methoxy groups -OCH3 is 1. The van der Waals surface area contributed by atoms with Crippen LogP contribution in [0.4, 0.5) is 24.7 Å². The number of ether oxygens (including phenoxy) is 2. The third kappa shape index (κ3) is 6.71. The Balaban J connectivity index is 1.37. The molecule has 0 unspecified atom stereocenters. The van der Waals surface area contributed by atoms with Crippen molar-refractivity contribution < 1.29 is 22.6 Å². The number of fused-ring (bicyclic) bond motifs is 1. The van der Waals surface area contributed by atoms with E-state index in [1.807, 2.05) is 0 Å². The summed E-state index contributed by atoms with van der Waals surface area (Å²) in [6.45, 7) is 1.87. The summed E-state index contributed by atoms with van der Waals surface area (Å²) in [6.07, 6.45) is -1.58. The van der Waals surface area contributed by atoms with E-state index >= 15 is 0 Å². The van der Waals surface area contributed by atoms with Crippen molar-refractivity contribution in [3.05, 3.63) is 85.0 Å². The Morgan fingerprint density at radius 1 is 0.959 bits per heavy atom. The largest absolute Gasteiger partial charge is 0.480 e. The number of nitrogens with zero attached hydrogens (tertiary/aromatic N) is 6. The number of halogens is 5. The van der Waals surface area contributed by atoms with Crippen molar-refractivity contribution >= 4 is 45.7 Å². The standard InChI is InChI=1S/C32H29Cl2F3N8O4/c1-44-27-23(29(46)45(2)31(44)47)26(42-30(43-27)32(35,36)37)40-20-9-5-7-18(25(20)34)17-6-4-8-19(24(17)33)21-14-39-22(28(41-21)48-3)15-38-16-10-12-49-13-11-16/h4-9,14,16,38H,10-13,15H2,1-3H3,(H,40,42,43). The maximum Gasteiger partial charge on any atom is 0.451 e. The van der Waals surface area contributed by atoms with Crippen molar-refractivity contribution in [1.82, 2.24) is 34.4 Å². The van der Waals surface area contributed by atoms with E-state index in [4.69, 9.17) is 32.7 Å². The van der Waals surface area contributed by atoms with Gasteiger partial charge in [0.1, 0.15) is 16.9 Å². The Morgan fingerprint density at radius 2 is 1.63 bits per heavy atom. The second-order valence-electron chi connectivity index (χ2n) is 11.2. The number of aromatic nitrogens is 6. The summed E-state index contributed by atoms with van der Waals surface area (Å²) >= 11 is 13.8. The number of hydrogen-bond donors (Lipinski definition) is 2. The molecule has 0 spiro atoms. The molecule has 17 heteroatoms. The molecule has 1 aliphatic heterocycles. The summed E-state index contributed by atoms with van der Waals surface area (Å²) in [6, 6.07) is 10.3. The molecule has 1 aliphatic rings. The fourth-order valence-electron chi connectivity index (χ4n) is 5.53. The summed E-state index contributed by atoms with van der Waals surface area (Å²) in [5.74, 6) is -1.70. The Labute approximate surface area is 286 Å². The highest BCUT2D eigenvalue weighted by molar-refractivity contribution is 6.39. The monoisotopic (exact) mass is 716 g/mol. The molecule has 0 aliphatic carbocycles. The predicted octanol–water partition coefficient (Wildman–Crippen LogP) is 5.50. The molecule has 49 heavy (non-hydrogen) atoms. The minimum absolute atomic E-state index is 0.0710. The highest BCUT2D eigenvalue weighted by Gasteiger charge is 2.36. The van der Waals surface area contributed by atoms with Gasteiger partial charge in [-0.3, -0.25) is 18.9 Å². The van der Waals surface area contributed by atoms with Crippen molar-refractivity contribution in [2.75, 3.05) is 25.6 Å². The lowest BCUT2D eigenvalue weighted by Gasteiger charge is -2.23. The Hall–Kier alpha value is -4.57. The number of alkyl halides is 3. The molecular weight excluding hydrogens is 688 g/mol. The fourth-order valence-corrected chi connectivity index (χ4v) is 6.13. The van der Waals surface area contributed by atoms with Crippen molar-refractivity contribution in [3.8, 4) is 28.3 Å². The van der Waals surface area contributed by atoms with Gasteiger partial charge >= 0.3 is 11.9 Å². The first-order valence-electron chi connectivity index (χ1n) is 15.0. The summed E-state index contributed by atoms with van der Waals surface area (Å²) in [5.41, 5.74) is 0.392. The molecule has 256 valence electrons. The third-order valence-corrected chi connectivity index (χ3v) is 8.97. The molecule has 1 fully saturated rings. The van der Waals surface area contributed by atoms with Gasteiger partial charge in [0, 0.05) is 56.6 Å². The number of rotatable bonds is 8. The number of benzene rings is 2. The highest BCUT2D eigenvalue weighted by atomic mass is 35.5. The molecule has 6 rings (SSSR count). The van der Waals surface area contributed by atoms with E-state index in [0.29, 0.717) is 59.8 Å². The molecule has 0 amide bonds. The lowest BCUT2D eigenvalue weighted by Crippen LogP contribution is -2.38. The molecule has 0 atom stereocenters. The van der Waals surface area contributed by atoms with Gasteiger partial charge in [-0.1, -0.05) is 53.5 Å². The molecule has 0 radical (unpaired) electrons. The molecule has 4 heterocycles. The lowest BCUT2D eigenvalue weighted by atomic mass is 10.0. The van der Waals surface area contributed by atoms with Gasteiger partial charge in [-0.25, -0.2) is 19.7 Å². The topological polar surface area (TPSA) is 138 Å². The molecule has 0 bridgehead atoms. The van der Waals surface area contributed by atoms with E-state index in [9.17, 15) is 22.8 Å². The van der Waals surface area contributed by atoms with Crippen LogP contribution >= 0.6 is 23.2 Å². The average molecular weight is 718 g/mol. The van der Waals surface area contributed by atoms with Crippen LogP contribution in [0.5, 0.6) is 5.88 Å². The van der Waals surface area contributed by atoms with Crippen LogP contribution in [-0.2, 0) is 31.6 Å². The van der Waals surface area contributed by atoms with Crippen LogP contribution in [0.15, 0.2) is 52.2 Å². The Bertz CT molecular complexity index is 2190. The van der Waals surface area contributed by atoms with Crippen LogP contribution < -0.4 is 26.6 Å². The summed E-state index contributed by atoms with van der Waals surface area (Å²) in [5, 5.41) is 6.25. The van der Waals surface area contributed by atoms with E-state index in [1.54, 1.807) is 36.5 Å². The third-order valence-electron chi connectivity index (χ3n) is 8.15. The smallest absolute Gasteiger partial charge is 0.451 e. The first-order chi connectivity index (χ1) is 23.4. The van der Waals surface area contributed by atoms with Crippen LogP contribution in [0.1, 0.15) is 24.4 Å². The zero-order valence-electron chi connectivity index (χ0n) is 26.4. The lowest BCUT2D eigenvalue weighted by molar-refractivity contribution is -0.144. The molecule has 5 aromatic rings. The van der Waals surface area contributed by atoms with Crippen LogP contribution in [0.2, 0.25) is 10.0 Å². The maximum absolute atomic E-state index is 13.8. The summed E-state index contributed by atoms with van der Waals surface area (Å²) in [7, 11) is 3.92. The van der Waals surface area contributed by atoms with Gasteiger partial charge in [-0.2, -0.15) is 13.2 Å². The number of anilines is 2. The highest BCUT2D eigenvalue weighted by Crippen LogP contribution is 2.42. The van der Waals surface area contributed by atoms with E-state index in [-0.39, 0.29) is 21.1 Å². The predicted molar refractivity (Wildman–Crippen MR) is 178 cm³/mol. The molecule has 2 aromatic carbocycles. The molecule has 12 nitrogen and oxygen atoms in total. The first kappa shape index (κ1) is 34.3. The fraction of sp³-hybridized carbons (Fsp3) is 0.312. The van der Waals surface area contributed by atoms with E-state index in [0.717, 1.165) is 22.0 Å². The van der Waals surface area contributed by atoms with Gasteiger partial charge in [0.05, 0.1) is 34.7 Å². The van der Waals surface area contributed by atoms with Gasteiger partial charge in [0.2, 0.25) is 11.7 Å². The SMILES string of the molecule is COc1nc(-c2cccc(-c3cccc(Nc4nc(C(F)(F)F)nc5c4c(=O)n(C)c(=O)n5C)c3Cl)c2Cl)cnc1CNC1CCOCC1. The van der Waals surface area contributed by atoms with Gasteiger partial charge in [0.15, 0.2) is 5.65 Å². The molecular formula is C32H29Cl2F3N8O4. The number of aryl methyl sites for hydroxylation is 1. The second kappa shape index (κ2) is 13.7. The first-order valence-corrected chi connectivity index (χ1v) is 15.8. The zero-order valence-corrected chi connectivity index (χ0v) is 27.9. The molecule has 0 saturated carbocycles. The quantitative estimate of drug-likeness (QED) is 0.212. The minimum atomic E-state index is -4.98. The normalized spacial score (nSPS) is 14.0. The van der Waals surface area contributed by atoms with Gasteiger partial charge < -0.3 is 20.1 Å². The number of hydrogen-bond acceptors (Lipinski definition) is 10. The zero-order chi connectivity index (χ0) is 35.0. The van der Waals surface area contributed by atoms with Crippen LogP contribution in [0.3, 0.4) is 0 Å². The van der Waals surface area contributed by atoms with Crippen LogP contribution in [0, 0.1) is 0 Å². The van der Waals surface area contributed by atoms with Crippen molar-refractivity contribution in [2.45, 2.75) is 31.6 Å². The van der Waals surface area contributed by atoms with Gasteiger partial charge in [0.25, 0.3) is 5.56 Å². The average Bonchev–Trinajstić information content (AvgIpc) is 3.09.